The van der Waals surface area contributed by atoms with E-state index in [0.29, 0.717) is 11.8 Å². The van der Waals surface area contributed by atoms with Crippen molar-refractivity contribution in [2.24, 2.45) is 11.8 Å². The third-order valence-corrected chi connectivity index (χ3v) is 4.40. The van der Waals surface area contributed by atoms with E-state index in [1.54, 1.807) is 0 Å². The summed E-state index contributed by atoms with van der Waals surface area (Å²) in [5.74, 6) is 1.11. The summed E-state index contributed by atoms with van der Waals surface area (Å²) in [7, 11) is 0. The van der Waals surface area contributed by atoms with Crippen LogP contribution in [0.3, 0.4) is 0 Å². The van der Waals surface area contributed by atoms with Gasteiger partial charge in [0, 0.05) is 0 Å². The molecule has 4 aliphatic rings. The van der Waals surface area contributed by atoms with Gasteiger partial charge >= 0.3 is 21.7 Å². The van der Waals surface area contributed by atoms with Gasteiger partial charge in [0.25, 0.3) is 0 Å². The van der Waals surface area contributed by atoms with E-state index in [9.17, 15) is 0 Å². The van der Waals surface area contributed by atoms with Gasteiger partial charge in [-0.25, -0.2) is 46.6 Å². The minimum Gasteiger partial charge on any atom is -0.270 e. The molecule has 2 unspecified atom stereocenters. The van der Waals surface area contributed by atoms with E-state index in [-0.39, 0.29) is 34.1 Å². The Bertz CT molecular complexity index is 700. The van der Waals surface area contributed by atoms with Crippen LogP contribution >= 0.6 is 12.4 Å². The molecule has 0 aliphatic heterocycles. The van der Waals surface area contributed by atoms with Gasteiger partial charge in [-0.2, -0.15) is 23.3 Å². The van der Waals surface area contributed by atoms with Gasteiger partial charge in [0.15, 0.2) is 0 Å². The molecule has 0 nitrogen and oxygen atoms in total. The molecule has 0 amide bonds. The van der Waals surface area contributed by atoms with Crippen LogP contribution in [0.15, 0.2) is 69.9 Å². The first-order chi connectivity index (χ1) is 13.2. The third-order valence-electron chi connectivity index (χ3n) is 4.40. The Morgan fingerprint density at radius 3 is 1.03 bits per heavy atom. The van der Waals surface area contributed by atoms with E-state index in [2.05, 4.69) is 116 Å². The Labute approximate surface area is 207 Å². The molecule has 0 aromatic rings. The van der Waals surface area contributed by atoms with Gasteiger partial charge in [0.05, 0.1) is 0 Å². The molecule has 0 saturated carbocycles. The van der Waals surface area contributed by atoms with Crippen molar-refractivity contribution in [3.63, 3.8) is 0 Å². The molecular formula is C28H37ClTi. The topological polar surface area (TPSA) is 0 Å². The average molecular weight is 457 g/mol. The molecule has 2 atom stereocenters. The van der Waals surface area contributed by atoms with Crippen LogP contribution in [-0.2, 0) is 21.7 Å². The van der Waals surface area contributed by atoms with Crippen molar-refractivity contribution < 1.29 is 21.7 Å². The minimum atomic E-state index is 0. The Morgan fingerprint density at radius 1 is 0.633 bits per heavy atom. The quantitative estimate of drug-likeness (QED) is 0.253. The summed E-state index contributed by atoms with van der Waals surface area (Å²) in [6.07, 6.45) is 27.8. The van der Waals surface area contributed by atoms with Crippen LogP contribution < -0.4 is 0 Å². The standard InChI is InChI=1S/4C7H9.ClH.Ti/c4*1-6-3-4-7(2)5-6;;/h2*5H,3H2,1-2H3;2*3-4,6H,1-2H3;1H;/q4*-1;;+4. The van der Waals surface area contributed by atoms with Crippen molar-refractivity contribution in [1.82, 2.24) is 0 Å². The Hall–Kier alpha value is -1.08. The SMILES string of the molecule is CC1=[C-]C(C)C=C1.CC1=[C-]C(C)C=C1.CC1=[C-]CC(C)=C1.CC1=[C-]CC(C)=C1.Cl.[Ti+4]. The zero-order valence-corrected chi connectivity index (χ0v) is 22.3. The van der Waals surface area contributed by atoms with Crippen LogP contribution in [0.1, 0.15) is 68.2 Å². The summed E-state index contributed by atoms with van der Waals surface area (Å²) in [5.41, 5.74) is 7.98. The monoisotopic (exact) mass is 456 g/mol. The van der Waals surface area contributed by atoms with Gasteiger partial charge in [0.2, 0.25) is 0 Å². The van der Waals surface area contributed by atoms with Crippen LogP contribution in [0.25, 0.3) is 0 Å². The van der Waals surface area contributed by atoms with E-state index in [0.717, 1.165) is 12.8 Å². The van der Waals surface area contributed by atoms with E-state index < -0.39 is 0 Å². The Morgan fingerprint density at radius 2 is 0.967 bits per heavy atom. The smallest absolute Gasteiger partial charge is 0.270 e. The fourth-order valence-electron chi connectivity index (χ4n) is 2.99. The van der Waals surface area contributed by atoms with Crippen LogP contribution in [0.2, 0.25) is 0 Å². The normalized spacial score (nSPS) is 22.1. The number of halogens is 1. The summed E-state index contributed by atoms with van der Waals surface area (Å²) in [5, 5.41) is 0. The Kier molecular flexibility index (Phi) is 17.2. The molecule has 0 N–H and O–H groups in total. The van der Waals surface area contributed by atoms with Crippen molar-refractivity contribution in [1.29, 1.82) is 0 Å². The van der Waals surface area contributed by atoms with Gasteiger partial charge in [-0.05, 0) is 0 Å². The first-order valence-corrected chi connectivity index (χ1v) is 10.2. The third kappa shape index (κ3) is 14.8. The van der Waals surface area contributed by atoms with Crippen molar-refractivity contribution in [2.45, 2.75) is 68.2 Å². The van der Waals surface area contributed by atoms with Gasteiger partial charge in [0.1, 0.15) is 0 Å². The molecule has 0 spiro atoms. The second-order valence-electron chi connectivity index (χ2n) is 8.00. The molecule has 4 rings (SSSR count). The summed E-state index contributed by atoms with van der Waals surface area (Å²) >= 11 is 0. The average Bonchev–Trinajstić information content (AvgIpc) is 3.37. The molecule has 0 radical (unpaired) electrons. The maximum absolute atomic E-state index is 3.22. The molecule has 30 heavy (non-hydrogen) atoms. The Balaban J connectivity index is 0. The van der Waals surface area contributed by atoms with Crippen LogP contribution in [0, 0.1) is 36.1 Å². The van der Waals surface area contributed by atoms with Gasteiger partial charge in [-0.15, -0.1) is 25.2 Å². The predicted octanol–water partition coefficient (Wildman–Crippen LogP) is 8.47. The zero-order chi connectivity index (χ0) is 21.1. The number of rotatable bonds is 0. The van der Waals surface area contributed by atoms with Crippen LogP contribution in [0.5, 0.6) is 0 Å². The largest absolute Gasteiger partial charge is 4.00 e. The minimum absolute atomic E-state index is 0. The number of hydrogen-bond acceptors (Lipinski definition) is 0. The number of hydrogen-bond donors (Lipinski definition) is 0. The summed E-state index contributed by atoms with van der Waals surface area (Å²) in [4.78, 5) is 0. The van der Waals surface area contributed by atoms with Crippen molar-refractivity contribution in [3.05, 3.63) is 94.2 Å². The second-order valence-corrected chi connectivity index (χ2v) is 8.00. The summed E-state index contributed by atoms with van der Waals surface area (Å²) in [6, 6.07) is 0. The predicted molar refractivity (Wildman–Crippen MR) is 130 cm³/mol. The first kappa shape index (κ1) is 31.1. The molecule has 0 aromatic heterocycles. The maximum atomic E-state index is 3.22. The van der Waals surface area contributed by atoms with E-state index in [1.807, 2.05) is 0 Å². The molecule has 0 aromatic carbocycles. The molecule has 4 aliphatic carbocycles. The zero-order valence-electron chi connectivity index (χ0n) is 19.9. The van der Waals surface area contributed by atoms with Crippen LogP contribution in [0.4, 0.5) is 0 Å². The first-order valence-electron chi connectivity index (χ1n) is 10.2. The van der Waals surface area contributed by atoms with Crippen molar-refractivity contribution >= 4 is 12.4 Å². The van der Waals surface area contributed by atoms with Crippen molar-refractivity contribution in [3.8, 4) is 0 Å². The molecule has 0 heterocycles. The van der Waals surface area contributed by atoms with Gasteiger partial charge in [-0.1, -0.05) is 67.2 Å². The maximum Gasteiger partial charge on any atom is 4.00 e. The van der Waals surface area contributed by atoms with Crippen molar-refractivity contribution in [2.75, 3.05) is 0 Å². The van der Waals surface area contributed by atoms with E-state index in [4.69, 9.17) is 0 Å². The molecule has 160 valence electrons. The molecule has 2 heteroatoms. The summed E-state index contributed by atoms with van der Waals surface area (Å²) < 4.78 is 0. The molecular weight excluding hydrogens is 420 g/mol. The number of allylic oxidation sites excluding steroid dienone is 16. The van der Waals surface area contributed by atoms with Gasteiger partial charge in [-0.3, -0.25) is 24.3 Å². The molecule has 0 fully saturated rings. The summed E-state index contributed by atoms with van der Waals surface area (Å²) in [6.45, 7) is 16.8. The van der Waals surface area contributed by atoms with E-state index in [1.165, 1.54) is 33.4 Å². The molecule has 0 bridgehead atoms. The molecule has 0 saturated heterocycles. The fourth-order valence-corrected chi connectivity index (χ4v) is 2.99. The second kappa shape index (κ2) is 16.6. The van der Waals surface area contributed by atoms with E-state index >= 15 is 0 Å². The van der Waals surface area contributed by atoms with Crippen LogP contribution in [-0.4, -0.2) is 0 Å². The van der Waals surface area contributed by atoms with Gasteiger partial charge < -0.3 is 0 Å². The fraction of sp³-hybridized carbons (Fsp3) is 0.429.